The maximum Gasteiger partial charge on any atom is 0.209 e. The van der Waals surface area contributed by atoms with E-state index in [0.29, 0.717) is 11.1 Å². The van der Waals surface area contributed by atoms with Crippen LogP contribution in [0.25, 0.3) is 0 Å². The molecule has 0 radical (unpaired) electrons. The summed E-state index contributed by atoms with van der Waals surface area (Å²) in [5.74, 6) is -1.02. The molecule has 1 aliphatic rings. The van der Waals surface area contributed by atoms with E-state index >= 15 is 0 Å². The van der Waals surface area contributed by atoms with Crippen molar-refractivity contribution < 1.29 is 9.59 Å². The van der Waals surface area contributed by atoms with Gasteiger partial charge in [0.15, 0.2) is 5.78 Å². The molecule has 27 heavy (non-hydrogen) atoms. The Morgan fingerprint density at radius 1 is 0.704 bits per heavy atom. The van der Waals surface area contributed by atoms with Crippen LogP contribution in [0.2, 0.25) is 0 Å². The van der Waals surface area contributed by atoms with E-state index in [0.717, 1.165) is 5.56 Å². The summed E-state index contributed by atoms with van der Waals surface area (Å²) in [4.78, 5) is 26.4. The van der Waals surface area contributed by atoms with Gasteiger partial charge in [0.2, 0.25) is 5.78 Å². The lowest BCUT2D eigenvalue weighted by atomic mass is 9.82. The largest absolute Gasteiger partial charge is 0.301 e. The quantitative estimate of drug-likeness (QED) is 0.703. The van der Waals surface area contributed by atoms with Crippen LogP contribution in [0.3, 0.4) is 0 Å². The fourth-order valence-electron chi connectivity index (χ4n) is 3.36. The Labute approximate surface area is 157 Å². The third-order valence-electron chi connectivity index (χ3n) is 4.72. The molecular formula is C23H18N2O2. The molecule has 1 aliphatic heterocycles. The average Bonchev–Trinajstić information content (AvgIpc) is 3.19. The first-order chi connectivity index (χ1) is 13.3. The minimum atomic E-state index is -0.678. The number of benzene rings is 3. The maximum absolute atomic E-state index is 13.3. The zero-order valence-electron chi connectivity index (χ0n) is 14.6. The molecule has 2 atom stereocenters. The van der Waals surface area contributed by atoms with E-state index in [4.69, 9.17) is 0 Å². The molecule has 0 bridgehead atoms. The number of nitrogens with one attached hydrogen (secondary N) is 1. The van der Waals surface area contributed by atoms with Crippen LogP contribution in [0.15, 0.2) is 96.1 Å². The maximum atomic E-state index is 13.3. The average molecular weight is 354 g/mol. The second-order valence-corrected chi connectivity index (χ2v) is 6.42. The Morgan fingerprint density at radius 3 is 1.81 bits per heavy atom. The van der Waals surface area contributed by atoms with Crippen LogP contribution in [0.4, 0.5) is 0 Å². The van der Waals surface area contributed by atoms with Crippen molar-refractivity contribution >= 4 is 17.3 Å². The van der Waals surface area contributed by atoms with Crippen molar-refractivity contribution in [2.24, 2.45) is 11.0 Å². The van der Waals surface area contributed by atoms with E-state index in [2.05, 4.69) is 10.5 Å². The van der Waals surface area contributed by atoms with Crippen LogP contribution >= 0.6 is 0 Å². The molecular weight excluding hydrogens is 336 g/mol. The molecule has 1 N–H and O–H groups in total. The molecule has 0 saturated carbocycles. The summed E-state index contributed by atoms with van der Waals surface area (Å²) >= 11 is 0. The molecule has 1 heterocycles. The summed E-state index contributed by atoms with van der Waals surface area (Å²) < 4.78 is 0. The van der Waals surface area contributed by atoms with Crippen molar-refractivity contribution in [2.45, 2.75) is 6.04 Å². The molecule has 0 fully saturated rings. The summed E-state index contributed by atoms with van der Waals surface area (Å²) in [6.45, 7) is 0. The monoisotopic (exact) mass is 354 g/mol. The van der Waals surface area contributed by atoms with Crippen LogP contribution < -0.4 is 5.43 Å². The van der Waals surface area contributed by atoms with Crippen molar-refractivity contribution in [3.8, 4) is 0 Å². The van der Waals surface area contributed by atoms with Gasteiger partial charge in [0, 0.05) is 11.1 Å². The number of hydrogen-bond acceptors (Lipinski definition) is 4. The molecule has 0 amide bonds. The van der Waals surface area contributed by atoms with Crippen molar-refractivity contribution in [1.82, 2.24) is 5.43 Å². The van der Waals surface area contributed by atoms with Crippen LogP contribution in [-0.4, -0.2) is 17.3 Å². The highest BCUT2D eigenvalue weighted by Gasteiger charge is 2.41. The van der Waals surface area contributed by atoms with E-state index in [1.165, 1.54) is 0 Å². The number of nitrogens with zero attached hydrogens (tertiary/aromatic N) is 1. The first-order valence-electron chi connectivity index (χ1n) is 8.83. The van der Waals surface area contributed by atoms with Gasteiger partial charge in [-0.25, -0.2) is 0 Å². The van der Waals surface area contributed by atoms with E-state index in [1.807, 2.05) is 54.6 Å². The van der Waals surface area contributed by atoms with Gasteiger partial charge in [-0.3, -0.25) is 9.59 Å². The van der Waals surface area contributed by atoms with Gasteiger partial charge in [-0.1, -0.05) is 91.0 Å². The topological polar surface area (TPSA) is 58.5 Å². The SMILES string of the molecule is O=C(C1=NN[C@H](c2ccccc2)[C@@H]1C(=O)c1ccccc1)c1ccccc1. The lowest BCUT2D eigenvalue weighted by molar-refractivity contribution is 0.0927. The number of carbonyl (C=O) groups excluding carboxylic acids is 2. The highest BCUT2D eigenvalue weighted by molar-refractivity contribution is 6.50. The Bertz CT molecular complexity index is 983. The first kappa shape index (κ1) is 16.9. The van der Waals surface area contributed by atoms with Gasteiger partial charge in [-0.15, -0.1) is 0 Å². The fourth-order valence-corrected chi connectivity index (χ4v) is 3.36. The smallest absolute Gasteiger partial charge is 0.209 e. The molecule has 4 nitrogen and oxygen atoms in total. The Kier molecular flexibility index (Phi) is 4.62. The van der Waals surface area contributed by atoms with Crippen LogP contribution in [-0.2, 0) is 0 Å². The Balaban J connectivity index is 1.74. The van der Waals surface area contributed by atoms with E-state index in [-0.39, 0.29) is 23.3 Å². The lowest BCUT2D eigenvalue weighted by Gasteiger charge is -2.20. The molecule has 0 spiro atoms. The van der Waals surface area contributed by atoms with Crippen molar-refractivity contribution in [2.75, 3.05) is 0 Å². The van der Waals surface area contributed by atoms with Gasteiger partial charge in [0.05, 0.1) is 12.0 Å². The summed E-state index contributed by atoms with van der Waals surface area (Å²) in [6.07, 6.45) is 0. The van der Waals surface area contributed by atoms with Crippen molar-refractivity contribution in [3.05, 3.63) is 108 Å². The minimum absolute atomic E-state index is 0.113. The van der Waals surface area contributed by atoms with Gasteiger partial charge < -0.3 is 5.43 Å². The molecule has 3 aromatic rings. The third-order valence-corrected chi connectivity index (χ3v) is 4.72. The second kappa shape index (κ2) is 7.38. The van der Waals surface area contributed by atoms with Gasteiger partial charge in [-0.2, -0.15) is 5.10 Å². The molecule has 0 aromatic heterocycles. The van der Waals surface area contributed by atoms with Crippen LogP contribution in [0.1, 0.15) is 32.3 Å². The van der Waals surface area contributed by atoms with E-state index < -0.39 is 5.92 Å². The molecule has 0 unspecified atom stereocenters. The highest BCUT2D eigenvalue weighted by Crippen LogP contribution is 2.32. The summed E-state index contributed by atoms with van der Waals surface area (Å²) in [5, 5.41) is 4.29. The van der Waals surface area contributed by atoms with E-state index in [9.17, 15) is 9.59 Å². The van der Waals surface area contributed by atoms with Crippen LogP contribution in [0.5, 0.6) is 0 Å². The summed E-state index contributed by atoms with van der Waals surface area (Å²) in [5.41, 5.74) is 5.29. The van der Waals surface area contributed by atoms with E-state index in [1.54, 1.807) is 36.4 Å². The number of ketones is 2. The summed E-state index contributed by atoms with van der Waals surface area (Å²) in [7, 11) is 0. The minimum Gasteiger partial charge on any atom is -0.301 e. The number of Topliss-reactive ketones (excluding diaryl/α,β-unsaturated/α-hetero) is 2. The number of rotatable bonds is 5. The standard InChI is InChI=1S/C23H18N2O2/c26-22(17-12-6-2-7-13-17)19-20(16-10-4-1-5-11-16)24-25-21(19)23(27)18-14-8-3-9-15-18/h1-15,19-20,24H/t19-,20+/m0/s1. The van der Waals surface area contributed by atoms with Gasteiger partial charge in [-0.05, 0) is 5.56 Å². The lowest BCUT2D eigenvalue weighted by Crippen LogP contribution is -2.33. The molecule has 4 heteroatoms. The Morgan fingerprint density at radius 2 is 1.22 bits per heavy atom. The second-order valence-electron chi connectivity index (χ2n) is 6.42. The molecule has 0 aliphatic carbocycles. The summed E-state index contributed by atoms with van der Waals surface area (Å²) in [6, 6.07) is 27.2. The predicted molar refractivity (Wildman–Crippen MR) is 105 cm³/mol. The third kappa shape index (κ3) is 3.29. The van der Waals surface area contributed by atoms with Gasteiger partial charge in [0.25, 0.3) is 0 Å². The molecule has 0 saturated heterocycles. The van der Waals surface area contributed by atoms with Gasteiger partial charge in [0.1, 0.15) is 5.71 Å². The zero-order valence-corrected chi connectivity index (χ0v) is 14.6. The van der Waals surface area contributed by atoms with Crippen molar-refractivity contribution in [3.63, 3.8) is 0 Å². The number of hydrazone groups is 1. The highest BCUT2D eigenvalue weighted by atomic mass is 16.1. The zero-order chi connectivity index (χ0) is 18.6. The first-order valence-corrected chi connectivity index (χ1v) is 8.83. The predicted octanol–water partition coefficient (Wildman–Crippen LogP) is 4.07. The van der Waals surface area contributed by atoms with Crippen molar-refractivity contribution in [1.29, 1.82) is 0 Å². The molecule has 3 aromatic carbocycles. The van der Waals surface area contributed by atoms with Crippen LogP contribution in [0, 0.1) is 5.92 Å². The number of hydrogen-bond donors (Lipinski definition) is 1. The normalized spacial score (nSPS) is 18.4. The molecule has 132 valence electrons. The fraction of sp³-hybridized carbons (Fsp3) is 0.0870. The number of carbonyl (C=O) groups is 2. The molecule has 4 rings (SSSR count). The van der Waals surface area contributed by atoms with Gasteiger partial charge >= 0.3 is 0 Å². The Hall–Kier alpha value is -3.53.